The predicted octanol–water partition coefficient (Wildman–Crippen LogP) is 4.31. The molecule has 128 valence electrons. The normalized spacial score (nSPS) is 12.5. The second-order valence-electron chi connectivity index (χ2n) is 5.48. The van der Waals surface area contributed by atoms with Gasteiger partial charge in [0.05, 0.1) is 11.6 Å². The van der Waals surface area contributed by atoms with Gasteiger partial charge in [0.2, 0.25) is 0 Å². The van der Waals surface area contributed by atoms with Crippen molar-refractivity contribution in [2.24, 2.45) is 0 Å². The highest BCUT2D eigenvalue weighted by Gasteiger charge is 2.30. The Balaban J connectivity index is 1.85. The maximum absolute atomic E-state index is 12.7. The molecule has 0 spiro atoms. The van der Waals surface area contributed by atoms with Crippen molar-refractivity contribution in [3.05, 3.63) is 71.3 Å². The zero-order valence-electron chi connectivity index (χ0n) is 13.2. The summed E-state index contributed by atoms with van der Waals surface area (Å²) >= 11 is 0. The van der Waals surface area contributed by atoms with Crippen LogP contribution >= 0.6 is 0 Å². The smallest absolute Gasteiger partial charge is 0.338 e. The number of carbonyl (C=O) groups excluding carboxylic acids is 1. The number of benzene rings is 2. The molecule has 0 aliphatic heterocycles. The molecule has 0 bridgehead atoms. The van der Waals surface area contributed by atoms with Crippen molar-refractivity contribution >= 4 is 6.03 Å². The Morgan fingerprint density at radius 2 is 1.79 bits per heavy atom. The molecule has 24 heavy (non-hydrogen) atoms. The average Bonchev–Trinajstić information content (AvgIpc) is 2.55. The van der Waals surface area contributed by atoms with Gasteiger partial charge in [-0.15, -0.1) is 0 Å². The number of hydrogen-bond donors (Lipinski definition) is 2. The van der Waals surface area contributed by atoms with Crippen molar-refractivity contribution in [3.8, 4) is 0 Å². The summed E-state index contributed by atoms with van der Waals surface area (Å²) in [5.41, 5.74) is 0.782. The summed E-state index contributed by atoms with van der Waals surface area (Å²) in [6.45, 7) is 2.09. The Hall–Kier alpha value is -2.50. The van der Waals surface area contributed by atoms with Crippen molar-refractivity contribution in [2.45, 2.75) is 25.6 Å². The van der Waals surface area contributed by atoms with E-state index in [0.29, 0.717) is 18.5 Å². The fraction of sp³-hybridized carbons (Fsp3) is 0.278. The molecule has 2 amide bonds. The quantitative estimate of drug-likeness (QED) is 0.839. The second-order valence-corrected chi connectivity index (χ2v) is 5.48. The number of hydrogen-bond acceptors (Lipinski definition) is 1. The van der Waals surface area contributed by atoms with Crippen LogP contribution in [-0.2, 0) is 12.6 Å². The van der Waals surface area contributed by atoms with Gasteiger partial charge in [-0.25, -0.2) is 4.79 Å². The Morgan fingerprint density at radius 1 is 1.08 bits per heavy atom. The van der Waals surface area contributed by atoms with E-state index in [1.807, 2.05) is 30.3 Å². The minimum atomic E-state index is -4.40. The van der Waals surface area contributed by atoms with Gasteiger partial charge in [-0.3, -0.25) is 0 Å². The highest BCUT2D eigenvalue weighted by Crippen LogP contribution is 2.30. The molecule has 0 radical (unpaired) electrons. The number of rotatable bonds is 5. The topological polar surface area (TPSA) is 41.1 Å². The van der Waals surface area contributed by atoms with Crippen molar-refractivity contribution in [1.29, 1.82) is 0 Å². The van der Waals surface area contributed by atoms with Crippen LogP contribution in [0.25, 0.3) is 0 Å². The molecule has 0 saturated carbocycles. The Bertz CT molecular complexity index is 671. The first-order valence-electron chi connectivity index (χ1n) is 7.61. The fourth-order valence-corrected chi connectivity index (χ4v) is 2.28. The first-order chi connectivity index (χ1) is 11.4. The van der Waals surface area contributed by atoms with Crippen LogP contribution in [0, 0.1) is 0 Å². The maximum atomic E-state index is 12.7. The third-order valence-electron chi connectivity index (χ3n) is 3.60. The molecule has 0 heterocycles. The minimum absolute atomic E-state index is 0.406. The van der Waals surface area contributed by atoms with Gasteiger partial charge in [0.1, 0.15) is 0 Å². The van der Waals surface area contributed by atoms with Crippen LogP contribution in [-0.4, -0.2) is 12.6 Å². The average molecular weight is 336 g/mol. The molecule has 1 unspecified atom stereocenters. The fourth-order valence-electron chi connectivity index (χ4n) is 2.28. The standard InChI is InChI=1S/C18H19F3N2O/c1-13(15-8-5-9-16(12-15)18(19,20)21)23-17(24)22-11-10-14-6-3-2-4-7-14/h2-9,12-13H,10-11H2,1H3,(H2,22,23,24). The molecule has 3 nitrogen and oxygen atoms in total. The zero-order valence-corrected chi connectivity index (χ0v) is 13.2. The highest BCUT2D eigenvalue weighted by molar-refractivity contribution is 5.74. The summed E-state index contributed by atoms with van der Waals surface area (Å²) in [6.07, 6.45) is -3.71. The molecule has 6 heteroatoms. The monoisotopic (exact) mass is 336 g/mol. The van der Waals surface area contributed by atoms with Crippen LogP contribution in [0.3, 0.4) is 0 Å². The van der Waals surface area contributed by atoms with E-state index < -0.39 is 23.8 Å². The molecule has 0 aliphatic carbocycles. The Labute approximate surface area is 138 Å². The highest BCUT2D eigenvalue weighted by atomic mass is 19.4. The summed E-state index contributed by atoms with van der Waals surface area (Å²) in [5, 5.41) is 5.35. The van der Waals surface area contributed by atoms with Gasteiger partial charge >= 0.3 is 12.2 Å². The predicted molar refractivity (Wildman–Crippen MR) is 86.5 cm³/mol. The first-order valence-corrected chi connectivity index (χ1v) is 7.61. The SMILES string of the molecule is CC(NC(=O)NCCc1ccccc1)c1cccc(C(F)(F)F)c1. The van der Waals surface area contributed by atoms with Crippen LogP contribution in [0.15, 0.2) is 54.6 Å². The van der Waals surface area contributed by atoms with E-state index in [9.17, 15) is 18.0 Å². The summed E-state index contributed by atoms with van der Waals surface area (Å²) in [7, 11) is 0. The molecular weight excluding hydrogens is 317 g/mol. The van der Waals surface area contributed by atoms with Crippen LogP contribution in [0.1, 0.15) is 29.7 Å². The summed E-state index contributed by atoms with van der Waals surface area (Å²) in [5.74, 6) is 0. The number of alkyl halides is 3. The number of urea groups is 1. The van der Waals surface area contributed by atoms with Crippen LogP contribution in [0.2, 0.25) is 0 Å². The maximum Gasteiger partial charge on any atom is 0.416 e. The number of halogens is 3. The molecular formula is C18H19F3N2O. The Morgan fingerprint density at radius 3 is 2.46 bits per heavy atom. The van der Waals surface area contributed by atoms with Gasteiger partial charge in [-0.05, 0) is 36.6 Å². The molecule has 2 aromatic carbocycles. The minimum Gasteiger partial charge on any atom is -0.338 e. The van der Waals surface area contributed by atoms with Gasteiger partial charge in [-0.2, -0.15) is 13.2 Å². The van der Waals surface area contributed by atoms with E-state index in [1.54, 1.807) is 13.0 Å². The molecule has 2 aromatic rings. The van der Waals surface area contributed by atoms with E-state index in [1.165, 1.54) is 6.07 Å². The lowest BCUT2D eigenvalue weighted by Gasteiger charge is -2.16. The van der Waals surface area contributed by atoms with Crippen molar-refractivity contribution in [1.82, 2.24) is 10.6 Å². The first kappa shape index (κ1) is 17.8. The summed E-state index contributed by atoms with van der Waals surface area (Å²) in [6, 6.07) is 13.7. The number of amides is 2. The van der Waals surface area contributed by atoms with Gasteiger partial charge in [-0.1, -0.05) is 42.5 Å². The van der Waals surface area contributed by atoms with Crippen molar-refractivity contribution < 1.29 is 18.0 Å². The van der Waals surface area contributed by atoms with E-state index in [4.69, 9.17) is 0 Å². The molecule has 2 N–H and O–H groups in total. The van der Waals surface area contributed by atoms with Crippen LogP contribution in [0.4, 0.5) is 18.0 Å². The van der Waals surface area contributed by atoms with E-state index in [-0.39, 0.29) is 0 Å². The third kappa shape index (κ3) is 5.30. The molecule has 0 aliphatic rings. The lowest BCUT2D eigenvalue weighted by Crippen LogP contribution is -2.38. The number of nitrogens with one attached hydrogen (secondary N) is 2. The molecule has 1 atom stereocenters. The molecule has 0 saturated heterocycles. The van der Waals surface area contributed by atoms with E-state index >= 15 is 0 Å². The van der Waals surface area contributed by atoms with Crippen molar-refractivity contribution in [2.75, 3.05) is 6.54 Å². The van der Waals surface area contributed by atoms with Gasteiger partial charge < -0.3 is 10.6 Å². The molecule has 2 rings (SSSR count). The zero-order chi connectivity index (χ0) is 17.6. The molecule has 0 fully saturated rings. The lowest BCUT2D eigenvalue weighted by atomic mass is 10.1. The van der Waals surface area contributed by atoms with Gasteiger partial charge in [0.15, 0.2) is 0 Å². The number of carbonyl (C=O) groups is 1. The Kier molecular flexibility index (Phi) is 5.84. The lowest BCUT2D eigenvalue weighted by molar-refractivity contribution is -0.137. The largest absolute Gasteiger partial charge is 0.416 e. The van der Waals surface area contributed by atoms with Gasteiger partial charge in [0.25, 0.3) is 0 Å². The van der Waals surface area contributed by atoms with E-state index in [0.717, 1.165) is 17.7 Å². The van der Waals surface area contributed by atoms with Crippen LogP contribution < -0.4 is 10.6 Å². The second kappa shape index (κ2) is 7.86. The van der Waals surface area contributed by atoms with Gasteiger partial charge in [0, 0.05) is 6.54 Å². The van der Waals surface area contributed by atoms with E-state index in [2.05, 4.69) is 10.6 Å². The van der Waals surface area contributed by atoms with Crippen LogP contribution in [0.5, 0.6) is 0 Å². The molecule has 0 aromatic heterocycles. The third-order valence-corrected chi connectivity index (χ3v) is 3.60. The van der Waals surface area contributed by atoms with Crippen molar-refractivity contribution in [3.63, 3.8) is 0 Å². The summed E-state index contributed by atoms with van der Waals surface area (Å²) in [4.78, 5) is 11.9. The summed E-state index contributed by atoms with van der Waals surface area (Å²) < 4.78 is 38.2.